The van der Waals surface area contributed by atoms with Gasteiger partial charge in [0.05, 0.1) is 20.8 Å². The second-order valence-corrected chi connectivity index (χ2v) is 6.86. The number of nitrogens with one attached hydrogen (secondary N) is 2. The van der Waals surface area contributed by atoms with E-state index in [0.717, 1.165) is 43.5 Å². The van der Waals surface area contributed by atoms with Crippen molar-refractivity contribution in [3.63, 3.8) is 0 Å². The molecule has 7 nitrogen and oxygen atoms in total. The van der Waals surface area contributed by atoms with Crippen LogP contribution in [0.3, 0.4) is 0 Å². The molecule has 0 spiro atoms. The fraction of sp³-hybridized carbons (Fsp3) is 0.600. The van der Waals surface area contributed by atoms with Crippen molar-refractivity contribution in [1.29, 1.82) is 0 Å². The Kier molecular flexibility index (Phi) is 10.4. The van der Waals surface area contributed by atoms with Crippen LogP contribution in [0.15, 0.2) is 17.1 Å². The lowest BCUT2D eigenvalue weighted by Gasteiger charge is -2.32. The van der Waals surface area contributed by atoms with Crippen molar-refractivity contribution in [3.8, 4) is 11.5 Å². The molecule has 28 heavy (non-hydrogen) atoms. The number of nitrogens with zero attached hydrogens (tertiary/aromatic N) is 2. The number of carbonyl (C=O) groups is 1. The summed E-state index contributed by atoms with van der Waals surface area (Å²) >= 11 is 0. The molecule has 0 aromatic heterocycles. The summed E-state index contributed by atoms with van der Waals surface area (Å²) in [6.07, 6.45) is 1.30. The topological polar surface area (TPSA) is 75.2 Å². The molecule has 1 amide bonds. The normalized spacial score (nSPS) is 13.5. The second kappa shape index (κ2) is 12.0. The Hall–Kier alpha value is -1.71. The summed E-state index contributed by atoms with van der Waals surface area (Å²) in [6, 6.07) is 4.26. The van der Waals surface area contributed by atoms with Crippen molar-refractivity contribution in [2.75, 3.05) is 33.9 Å². The number of methoxy groups -OCH3 is 2. The van der Waals surface area contributed by atoms with Gasteiger partial charge in [-0.15, -0.1) is 24.0 Å². The molecule has 2 rings (SSSR count). The molecule has 158 valence electrons. The molecular weight excluding hydrogens is 471 g/mol. The van der Waals surface area contributed by atoms with E-state index < -0.39 is 0 Å². The van der Waals surface area contributed by atoms with Gasteiger partial charge in [0.1, 0.15) is 0 Å². The van der Waals surface area contributed by atoms with E-state index in [4.69, 9.17) is 9.47 Å². The van der Waals surface area contributed by atoms with Crippen LogP contribution < -0.4 is 20.1 Å². The van der Waals surface area contributed by atoms with Gasteiger partial charge in [-0.1, -0.05) is 0 Å². The Bertz CT molecular complexity index is 680. The number of halogens is 1. The summed E-state index contributed by atoms with van der Waals surface area (Å²) in [5, 5.41) is 6.23. The predicted molar refractivity (Wildman–Crippen MR) is 123 cm³/mol. The molecule has 8 heteroatoms. The number of hydrogen-bond acceptors (Lipinski definition) is 4. The van der Waals surface area contributed by atoms with E-state index in [0.29, 0.717) is 13.0 Å². The zero-order chi connectivity index (χ0) is 19.8. The van der Waals surface area contributed by atoms with Gasteiger partial charge in [0.25, 0.3) is 0 Å². The molecule has 0 unspecified atom stereocenters. The maximum atomic E-state index is 11.8. The minimum absolute atomic E-state index is 0. The largest absolute Gasteiger partial charge is 0.493 e. The Morgan fingerprint density at radius 3 is 2.43 bits per heavy atom. The SMILES string of the molecule is CCNC(=NCCC(=O)NC(C)C)N1CCc2cc(OC)c(OC)cc2C1.I. The van der Waals surface area contributed by atoms with Crippen LogP contribution in [0, 0.1) is 0 Å². The Morgan fingerprint density at radius 1 is 1.21 bits per heavy atom. The number of ether oxygens (including phenoxy) is 2. The van der Waals surface area contributed by atoms with Crippen LogP contribution >= 0.6 is 24.0 Å². The molecule has 1 aromatic carbocycles. The van der Waals surface area contributed by atoms with Crippen molar-refractivity contribution < 1.29 is 14.3 Å². The molecule has 2 N–H and O–H groups in total. The summed E-state index contributed by atoms with van der Waals surface area (Å²) in [4.78, 5) is 18.7. The van der Waals surface area contributed by atoms with E-state index in [1.807, 2.05) is 26.8 Å². The van der Waals surface area contributed by atoms with Crippen molar-refractivity contribution in [2.24, 2.45) is 4.99 Å². The Balaban J connectivity index is 0.00000392. The van der Waals surface area contributed by atoms with E-state index in [-0.39, 0.29) is 35.9 Å². The van der Waals surface area contributed by atoms with Gasteiger partial charge >= 0.3 is 0 Å². The van der Waals surface area contributed by atoms with Crippen molar-refractivity contribution in [2.45, 2.75) is 46.2 Å². The van der Waals surface area contributed by atoms with Gasteiger partial charge in [-0.05, 0) is 50.5 Å². The smallest absolute Gasteiger partial charge is 0.222 e. The molecule has 0 saturated heterocycles. The third kappa shape index (κ3) is 6.72. The number of amides is 1. The van der Waals surface area contributed by atoms with Crippen LogP contribution in [0.2, 0.25) is 0 Å². The highest BCUT2D eigenvalue weighted by molar-refractivity contribution is 14.0. The third-order valence-electron chi connectivity index (χ3n) is 4.40. The number of fused-ring (bicyclic) bond motifs is 1. The predicted octanol–water partition coefficient (Wildman–Crippen LogP) is 2.56. The highest BCUT2D eigenvalue weighted by atomic mass is 127. The molecule has 0 saturated carbocycles. The fourth-order valence-corrected chi connectivity index (χ4v) is 3.15. The second-order valence-electron chi connectivity index (χ2n) is 6.86. The number of hydrogen-bond donors (Lipinski definition) is 2. The highest BCUT2D eigenvalue weighted by Gasteiger charge is 2.21. The molecule has 0 radical (unpaired) electrons. The lowest BCUT2D eigenvalue weighted by atomic mass is 9.99. The van der Waals surface area contributed by atoms with E-state index >= 15 is 0 Å². The first-order chi connectivity index (χ1) is 13.0. The molecule has 1 aliphatic heterocycles. The fourth-order valence-electron chi connectivity index (χ4n) is 3.15. The zero-order valence-corrected chi connectivity index (χ0v) is 19.8. The molecule has 0 atom stereocenters. The number of aliphatic imine (C=N–C) groups is 1. The first-order valence-corrected chi connectivity index (χ1v) is 9.54. The van der Waals surface area contributed by atoms with E-state index in [2.05, 4.69) is 26.6 Å². The monoisotopic (exact) mass is 504 g/mol. The minimum atomic E-state index is 0. The molecule has 0 fully saturated rings. The first kappa shape index (κ1) is 24.3. The van der Waals surface area contributed by atoms with Crippen LogP contribution in [-0.2, 0) is 17.8 Å². The molecule has 0 aliphatic carbocycles. The quantitative estimate of drug-likeness (QED) is 0.339. The average Bonchev–Trinajstić information content (AvgIpc) is 2.65. The van der Waals surface area contributed by atoms with Crippen LogP contribution in [0.25, 0.3) is 0 Å². The first-order valence-electron chi connectivity index (χ1n) is 9.54. The average molecular weight is 504 g/mol. The van der Waals surface area contributed by atoms with Gasteiger partial charge in [0, 0.05) is 32.1 Å². The summed E-state index contributed by atoms with van der Waals surface area (Å²) in [7, 11) is 3.31. The zero-order valence-electron chi connectivity index (χ0n) is 17.5. The van der Waals surface area contributed by atoms with E-state index in [1.54, 1.807) is 14.2 Å². The third-order valence-corrected chi connectivity index (χ3v) is 4.40. The number of benzene rings is 1. The molecule has 1 aliphatic rings. The molecule has 0 bridgehead atoms. The summed E-state index contributed by atoms with van der Waals surface area (Å²) < 4.78 is 10.8. The van der Waals surface area contributed by atoms with Crippen molar-refractivity contribution in [1.82, 2.24) is 15.5 Å². The van der Waals surface area contributed by atoms with E-state index in [1.165, 1.54) is 11.1 Å². The maximum absolute atomic E-state index is 11.8. The molecule has 1 heterocycles. The van der Waals surface area contributed by atoms with Gasteiger partial charge in [0.2, 0.25) is 5.91 Å². The summed E-state index contributed by atoms with van der Waals surface area (Å²) in [5.41, 5.74) is 2.48. The summed E-state index contributed by atoms with van der Waals surface area (Å²) in [5.74, 6) is 2.38. The molecule has 1 aromatic rings. The number of guanidine groups is 1. The lowest BCUT2D eigenvalue weighted by Crippen LogP contribution is -2.44. The van der Waals surface area contributed by atoms with Gasteiger partial charge in [-0.2, -0.15) is 0 Å². The minimum Gasteiger partial charge on any atom is -0.493 e. The van der Waals surface area contributed by atoms with Gasteiger partial charge in [0.15, 0.2) is 17.5 Å². The molecular formula is C20H33IN4O3. The lowest BCUT2D eigenvalue weighted by molar-refractivity contribution is -0.121. The summed E-state index contributed by atoms with van der Waals surface area (Å²) in [6.45, 7) is 8.83. The van der Waals surface area contributed by atoms with Crippen LogP contribution in [-0.4, -0.2) is 56.7 Å². The Morgan fingerprint density at radius 2 is 1.86 bits per heavy atom. The van der Waals surface area contributed by atoms with E-state index in [9.17, 15) is 4.79 Å². The van der Waals surface area contributed by atoms with Crippen LogP contribution in [0.4, 0.5) is 0 Å². The van der Waals surface area contributed by atoms with Gasteiger partial charge in [-0.25, -0.2) is 0 Å². The van der Waals surface area contributed by atoms with Gasteiger partial charge < -0.3 is 25.0 Å². The standard InChI is InChI=1S/C20H32N4O3.HI/c1-6-21-20(22-9-7-19(25)23-14(2)3)24-10-8-15-11-17(26-4)18(27-5)12-16(15)13-24;/h11-12,14H,6-10,13H2,1-5H3,(H,21,22)(H,23,25);1H. The Labute approximate surface area is 185 Å². The highest BCUT2D eigenvalue weighted by Crippen LogP contribution is 2.33. The maximum Gasteiger partial charge on any atom is 0.222 e. The van der Waals surface area contributed by atoms with Crippen LogP contribution in [0.5, 0.6) is 11.5 Å². The van der Waals surface area contributed by atoms with Gasteiger partial charge in [-0.3, -0.25) is 9.79 Å². The van der Waals surface area contributed by atoms with Crippen molar-refractivity contribution >= 4 is 35.8 Å². The van der Waals surface area contributed by atoms with Crippen LogP contribution in [0.1, 0.15) is 38.3 Å². The number of rotatable bonds is 7. The number of carbonyl (C=O) groups excluding carboxylic acids is 1. The van der Waals surface area contributed by atoms with Crippen molar-refractivity contribution in [3.05, 3.63) is 23.3 Å².